The monoisotopic (exact) mass is 194 g/mol. The summed E-state index contributed by atoms with van der Waals surface area (Å²) in [7, 11) is 0. The first-order valence-electron chi connectivity index (χ1n) is 5.47. The van der Waals surface area contributed by atoms with Gasteiger partial charge in [0.25, 0.3) is 0 Å². The first-order chi connectivity index (χ1) is 6.95. The predicted octanol–water partition coefficient (Wildman–Crippen LogP) is 0.0740. The third-order valence-electron chi connectivity index (χ3n) is 2.74. The topological polar surface area (TPSA) is 24.5 Å². The molecule has 0 bridgehead atoms. The average Bonchev–Trinajstić information content (AvgIpc) is 2.72. The van der Waals surface area contributed by atoms with Gasteiger partial charge in [-0.2, -0.15) is 0 Å². The van der Waals surface area contributed by atoms with E-state index in [2.05, 4.69) is 22.1 Å². The van der Waals surface area contributed by atoms with Crippen LogP contribution in [-0.4, -0.2) is 50.3 Å². The van der Waals surface area contributed by atoms with Crippen LogP contribution >= 0.6 is 0 Å². The van der Waals surface area contributed by atoms with Crippen molar-refractivity contribution in [3.8, 4) is 11.8 Å². The van der Waals surface area contributed by atoms with Gasteiger partial charge in [-0.15, -0.1) is 0 Å². The minimum Gasteiger partial charge on any atom is -0.379 e. The van der Waals surface area contributed by atoms with Crippen LogP contribution < -0.4 is 5.32 Å². The van der Waals surface area contributed by atoms with E-state index >= 15 is 0 Å². The summed E-state index contributed by atoms with van der Waals surface area (Å²) < 4.78 is 5.28. The van der Waals surface area contributed by atoms with Crippen LogP contribution in [0.5, 0.6) is 0 Å². The number of morpholine rings is 1. The SMILES string of the molecule is C(#C[C@@H]1CCCN1)CN1CCOCC1. The van der Waals surface area contributed by atoms with E-state index in [0.29, 0.717) is 6.04 Å². The van der Waals surface area contributed by atoms with Crippen molar-refractivity contribution < 1.29 is 4.74 Å². The van der Waals surface area contributed by atoms with E-state index in [1.807, 2.05) is 0 Å². The fourth-order valence-electron chi connectivity index (χ4n) is 1.85. The van der Waals surface area contributed by atoms with Crippen LogP contribution in [0.15, 0.2) is 0 Å². The van der Waals surface area contributed by atoms with Crippen LogP contribution in [-0.2, 0) is 4.74 Å². The molecule has 2 heterocycles. The Balaban J connectivity index is 1.69. The summed E-state index contributed by atoms with van der Waals surface area (Å²) in [6.07, 6.45) is 2.49. The largest absolute Gasteiger partial charge is 0.379 e. The van der Waals surface area contributed by atoms with Gasteiger partial charge in [0.1, 0.15) is 0 Å². The van der Waals surface area contributed by atoms with Gasteiger partial charge in [0, 0.05) is 13.1 Å². The Morgan fingerprint density at radius 3 is 2.93 bits per heavy atom. The van der Waals surface area contributed by atoms with Crippen LogP contribution in [0.1, 0.15) is 12.8 Å². The highest BCUT2D eigenvalue weighted by molar-refractivity contribution is 5.10. The molecule has 0 aromatic carbocycles. The lowest BCUT2D eigenvalue weighted by atomic mass is 10.2. The molecule has 2 fully saturated rings. The zero-order chi connectivity index (χ0) is 9.64. The maximum Gasteiger partial charge on any atom is 0.0690 e. The summed E-state index contributed by atoms with van der Waals surface area (Å²) in [4.78, 5) is 2.35. The molecule has 2 aliphatic rings. The summed E-state index contributed by atoms with van der Waals surface area (Å²) in [5.74, 6) is 6.54. The lowest BCUT2D eigenvalue weighted by Crippen LogP contribution is -2.36. The van der Waals surface area contributed by atoms with Crippen molar-refractivity contribution in [2.24, 2.45) is 0 Å². The van der Waals surface area contributed by atoms with Crippen LogP contribution in [0.4, 0.5) is 0 Å². The van der Waals surface area contributed by atoms with Crippen molar-refractivity contribution in [1.29, 1.82) is 0 Å². The van der Waals surface area contributed by atoms with Crippen LogP contribution in [0.25, 0.3) is 0 Å². The fraction of sp³-hybridized carbons (Fsp3) is 0.818. The zero-order valence-electron chi connectivity index (χ0n) is 8.59. The van der Waals surface area contributed by atoms with E-state index in [9.17, 15) is 0 Å². The molecule has 1 N–H and O–H groups in total. The second-order valence-electron chi connectivity index (χ2n) is 3.86. The highest BCUT2D eigenvalue weighted by Crippen LogP contribution is 2.02. The Hall–Kier alpha value is -0.560. The van der Waals surface area contributed by atoms with Gasteiger partial charge in [-0.25, -0.2) is 0 Å². The van der Waals surface area contributed by atoms with E-state index in [-0.39, 0.29) is 0 Å². The van der Waals surface area contributed by atoms with E-state index in [4.69, 9.17) is 4.74 Å². The van der Waals surface area contributed by atoms with Crippen molar-refractivity contribution in [2.45, 2.75) is 18.9 Å². The molecule has 0 spiro atoms. The molecule has 3 heteroatoms. The maximum atomic E-state index is 5.28. The second kappa shape index (κ2) is 5.35. The Bertz CT molecular complexity index is 219. The van der Waals surface area contributed by atoms with Gasteiger partial charge in [0.2, 0.25) is 0 Å². The third-order valence-corrected chi connectivity index (χ3v) is 2.74. The molecule has 0 unspecified atom stereocenters. The molecule has 0 saturated carbocycles. The van der Waals surface area contributed by atoms with Gasteiger partial charge in [-0.05, 0) is 19.4 Å². The standard InChI is InChI=1S/C11H18N2O/c1-3-11(12-5-1)4-2-6-13-7-9-14-10-8-13/h11-12H,1,3,5-10H2/t11-/m0/s1. The number of hydrogen-bond donors (Lipinski definition) is 1. The molecule has 3 nitrogen and oxygen atoms in total. The highest BCUT2D eigenvalue weighted by atomic mass is 16.5. The molecule has 0 amide bonds. The summed E-state index contributed by atoms with van der Waals surface area (Å²) in [6, 6.07) is 0.455. The van der Waals surface area contributed by atoms with Crippen molar-refractivity contribution in [2.75, 3.05) is 39.4 Å². The zero-order valence-corrected chi connectivity index (χ0v) is 8.59. The average molecular weight is 194 g/mol. The Kier molecular flexibility index (Phi) is 3.81. The van der Waals surface area contributed by atoms with Crippen LogP contribution in [0.2, 0.25) is 0 Å². The first-order valence-corrected chi connectivity index (χ1v) is 5.47. The summed E-state index contributed by atoms with van der Waals surface area (Å²) in [5.41, 5.74) is 0. The Labute approximate surface area is 85.8 Å². The van der Waals surface area contributed by atoms with Gasteiger partial charge in [-0.3, -0.25) is 4.90 Å². The lowest BCUT2D eigenvalue weighted by molar-refractivity contribution is 0.0443. The minimum absolute atomic E-state index is 0.455. The van der Waals surface area contributed by atoms with E-state index < -0.39 is 0 Å². The molecule has 0 aromatic rings. The van der Waals surface area contributed by atoms with Crippen molar-refractivity contribution in [3.05, 3.63) is 0 Å². The summed E-state index contributed by atoms with van der Waals surface area (Å²) in [6.45, 7) is 5.84. The van der Waals surface area contributed by atoms with Gasteiger partial charge in [-0.1, -0.05) is 11.8 Å². The smallest absolute Gasteiger partial charge is 0.0690 e. The molecular weight excluding hydrogens is 176 g/mol. The van der Waals surface area contributed by atoms with Gasteiger partial charge in [0.05, 0.1) is 25.8 Å². The molecule has 0 aliphatic carbocycles. The highest BCUT2D eigenvalue weighted by Gasteiger charge is 2.11. The molecular formula is C11H18N2O. The normalized spacial score (nSPS) is 28.4. The Morgan fingerprint density at radius 2 is 2.21 bits per heavy atom. The van der Waals surface area contributed by atoms with E-state index in [1.165, 1.54) is 12.8 Å². The lowest BCUT2D eigenvalue weighted by Gasteiger charge is -2.24. The number of hydrogen-bond acceptors (Lipinski definition) is 3. The molecule has 0 aromatic heterocycles. The molecule has 2 rings (SSSR count). The molecule has 14 heavy (non-hydrogen) atoms. The molecule has 1 atom stereocenters. The molecule has 2 aliphatic heterocycles. The quantitative estimate of drug-likeness (QED) is 0.598. The first kappa shape index (κ1) is 9.97. The van der Waals surface area contributed by atoms with Gasteiger partial charge >= 0.3 is 0 Å². The van der Waals surface area contributed by atoms with Crippen LogP contribution in [0, 0.1) is 11.8 Å². The minimum atomic E-state index is 0.455. The molecule has 0 radical (unpaired) electrons. The summed E-state index contributed by atoms with van der Waals surface area (Å²) >= 11 is 0. The maximum absolute atomic E-state index is 5.28. The van der Waals surface area contributed by atoms with Gasteiger partial charge in [0.15, 0.2) is 0 Å². The van der Waals surface area contributed by atoms with E-state index in [0.717, 1.165) is 39.4 Å². The fourth-order valence-corrected chi connectivity index (χ4v) is 1.85. The van der Waals surface area contributed by atoms with Crippen molar-refractivity contribution in [1.82, 2.24) is 10.2 Å². The number of ether oxygens (including phenoxy) is 1. The van der Waals surface area contributed by atoms with Crippen LogP contribution in [0.3, 0.4) is 0 Å². The number of nitrogens with one attached hydrogen (secondary N) is 1. The van der Waals surface area contributed by atoms with Crippen molar-refractivity contribution in [3.63, 3.8) is 0 Å². The third kappa shape index (κ3) is 2.98. The van der Waals surface area contributed by atoms with E-state index in [1.54, 1.807) is 0 Å². The van der Waals surface area contributed by atoms with Gasteiger partial charge < -0.3 is 10.1 Å². The summed E-state index contributed by atoms with van der Waals surface area (Å²) in [5, 5.41) is 3.38. The second-order valence-corrected chi connectivity index (χ2v) is 3.86. The number of rotatable bonds is 1. The molecule has 78 valence electrons. The Morgan fingerprint density at radius 1 is 1.36 bits per heavy atom. The number of nitrogens with zero attached hydrogens (tertiary/aromatic N) is 1. The predicted molar refractivity (Wildman–Crippen MR) is 56.1 cm³/mol. The molecule has 2 saturated heterocycles. The van der Waals surface area contributed by atoms with Crippen molar-refractivity contribution >= 4 is 0 Å².